The molecule has 5 saturated heterocycles. The highest BCUT2D eigenvalue weighted by atomic mass is 32.2. The van der Waals surface area contributed by atoms with Crippen molar-refractivity contribution in [3.8, 4) is 0 Å². The van der Waals surface area contributed by atoms with Gasteiger partial charge >= 0.3 is 12.0 Å². The van der Waals surface area contributed by atoms with E-state index in [9.17, 15) is 19.5 Å². The molecule has 16 heteroatoms. The van der Waals surface area contributed by atoms with Gasteiger partial charge in [0.25, 0.3) is 0 Å². The van der Waals surface area contributed by atoms with E-state index in [0.717, 1.165) is 69.1 Å². The van der Waals surface area contributed by atoms with Gasteiger partial charge in [0, 0.05) is 58.1 Å². The van der Waals surface area contributed by atoms with E-state index in [-0.39, 0.29) is 121 Å². The molecule has 0 aromatic rings. The second-order valence-corrected chi connectivity index (χ2v) is 21.9. The maximum absolute atomic E-state index is 13.7. The standard InChI is InChI=1S/C50H79N3O12S/c1-9-30-13-12-14-39(65-43-20-19-38(27(3)61-43)53(5)41(54)16-11-10-15-40-44-37(25-66-40)51-50(57)52-44)26(2)45(56)36-23-34-32(35(36)24-42(55)63-30)18-17-29-21-31(22-33(29)34)64-49-48(60-8)47(59-7)46(58-6)28(4)62-49/h17-18,23,26-35,37-40,43-49,56H,9-16,19-22,24-25H2,1-8H3,(H2,51,52,57)/t26-,27?,28?,29-,30+,31-,32-,33-,34-,35+,37+,38+,39+,40?,43+,44+,45+,46+,47-,48?,49+/m1/s1. The van der Waals surface area contributed by atoms with Crippen LogP contribution in [0.3, 0.4) is 0 Å². The molecule has 3 aliphatic carbocycles. The summed E-state index contributed by atoms with van der Waals surface area (Å²) in [6, 6.07) is 0.269. The Hall–Kier alpha value is -2.28. The van der Waals surface area contributed by atoms with Crippen molar-refractivity contribution >= 4 is 29.7 Å². The number of methoxy groups -OCH3 is 3. The SMILES string of the molecule is CC[C@H]1CCC[C@H](O[C@H]2CC[C@H](N(C)C(=O)CCCCC3SC[C@@H]4NC(=O)N[C@H]34)C(C)O2)[C@@H](C)[C@H](O)C2=C[C@@H]3[C@@H](C=C[C@@H]4C[C@@H](O[C@@H]5OC(C)[C@H](OC)[C@@H](OC)C5OC)C[C@@H]34)[C@@H]2CC(=O)O1. The van der Waals surface area contributed by atoms with Crippen molar-refractivity contribution in [1.29, 1.82) is 0 Å². The minimum atomic E-state index is -0.820. The average Bonchev–Trinajstić information content (AvgIpc) is 4.08. The van der Waals surface area contributed by atoms with Crippen molar-refractivity contribution in [1.82, 2.24) is 15.5 Å². The first-order chi connectivity index (χ1) is 31.8. The predicted octanol–water partition coefficient (Wildman–Crippen LogP) is 5.90. The molecule has 372 valence electrons. The monoisotopic (exact) mass is 946 g/mol. The summed E-state index contributed by atoms with van der Waals surface area (Å²) in [7, 11) is 6.86. The van der Waals surface area contributed by atoms with Crippen molar-refractivity contribution in [3.05, 3.63) is 23.8 Å². The molecule has 21 atom stereocenters. The number of amides is 3. The number of aliphatic hydroxyl groups excluding tert-OH is 1. The summed E-state index contributed by atoms with van der Waals surface area (Å²) in [5, 5.41) is 18.9. The number of nitrogens with zero attached hydrogens (tertiary/aromatic N) is 1. The minimum Gasteiger partial charge on any atom is -0.462 e. The number of cyclic esters (lactones) is 1. The van der Waals surface area contributed by atoms with Crippen LogP contribution in [0.25, 0.3) is 0 Å². The summed E-state index contributed by atoms with van der Waals surface area (Å²) in [6.07, 6.45) is 12.4. The highest BCUT2D eigenvalue weighted by Gasteiger charge is 2.53. The Bertz CT molecular complexity index is 1740. The van der Waals surface area contributed by atoms with Gasteiger partial charge in [-0.05, 0) is 107 Å². The number of allylic oxidation sites excluding steroid dienone is 3. The summed E-state index contributed by atoms with van der Waals surface area (Å²) < 4.78 is 50.2. The summed E-state index contributed by atoms with van der Waals surface area (Å²) in [5.41, 5.74) is 0.912. The molecule has 3 amide bonds. The van der Waals surface area contributed by atoms with Gasteiger partial charge in [0.05, 0.1) is 55.1 Å². The Morgan fingerprint density at radius 3 is 2.44 bits per heavy atom. The summed E-state index contributed by atoms with van der Waals surface area (Å²) in [5.74, 6) is 1.17. The number of carbonyl (C=O) groups excluding carboxylic acids is 3. The lowest BCUT2D eigenvalue weighted by atomic mass is 9.70. The van der Waals surface area contributed by atoms with Crippen LogP contribution in [0.15, 0.2) is 23.8 Å². The number of nitrogens with one attached hydrogen (secondary N) is 2. The van der Waals surface area contributed by atoms with E-state index in [4.69, 9.17) is 37.9 Å². The van der Waals surface area contributed by atoms with Crippen LogP contribution in [0.4, 0.5) is 4.79 Å². The molecule has 0 radical (unpaired) electrons. The van der Waals surface area contributed by atoms with Gasteiger partial charge < -0.3 is 58.5 Å². The van der Waals surface area contributed by atoms with Crippen LogP contribution in [-0.2, 0) is 47.5 Å². The first kappa shape index (κ1) is 50.1. The van der Waals surface area contributed by atoms with Crippen LogP contribution >= 0.6 is 11.8 Å². The number of aliphatic hydroxyl groups is 1. The van der Waals surface area contributed by atoms with Crippen molar-refractivity contribution in [2.24, 2.45) is 35.5 Å². The minimum absolute atomic E-state index is 0.0572. The first-order valence-electron chi connectivity index (χ1n) is 25.2. The first-order valence-corrected chi connectivity index (χ1v) is 26.3. The number of hydrogen-bond donors (Lipinski definition) is 3. The zero-order chi connectivity index (χ0) is 46.8. The smallest absolute Gasteiger partial charge is 0.315 e. The number of unbranched alkanes of at least 4 members (excludes halogenated alkanes) is 1. The van der Waals surface area contributed by atoms with Crippen LogP contribution in [-0.4, -0.2) is 153 Å². The molecule has 4 unspecified atom stereocenters. The largest absolute Gasteiger partial charge is 0.462 e. The van der Waals surface area contributed by atoms with Gasteiger partial charge in [-0.15, -0.1) is 0 Å². The van der Waals surface area contributed by atoms with E-state index in [0.29, 0.717) is 24.5 Å². The number of rotatable bonds is 14. The molecule has 5 heterocycles. The predicted molar refractivity (Wildman–Crippen MR) is 248 cm³/mol. The quantitative estimate of drug-likeness (QED) is 0.0815. The van der Waals surface area contributed by atoms with Crippen LogP contribution in [0.2, 0.25) is 0 Å². The van der Waals surface area contributed by atoms with E-state index in [1.165, 1.54) is 0 Å². The number of likely N-dealkylation sites (N-methyl/N-ethyl adjacent to an activating group) is 1. The number of thioether (sulfide) groups is 1. The normalized spacial score (nSPS) is 44.7. The molecule has 15 nitrogen and oxygen atoms in total. The fraction of sp³-hybridized carbons (Fsp3) is 0.860. The molecule has 66 heavy (non-hydrogen) atoms. The van der Waals surface area contributed by atoms with Crippen molar-refractivity contribution < 1.29 is 57.4 Å². The summed E-state index contributed by atoms with van der Waals surface area (Å²) >= 11 is 1.91. The van der Waals surface area contributed by atoms with Gasteiger partial charge in [0.15, 0.2) is 12.6 Å². The van der Waals surface area contributed by atoms with E-state index in [1.54, 1.807) is 21.3 Å². The lowest BCUT2D eigenvalue weighted by molar-refractivity contribution is -0.314. The molecule has 3 N–H and O–H groups in total. The van der Waals surface area contributed by atoms with Crippen LogP contribution in [0.5, 0.6) is 0 Å². The summed E-state index contributed by atoms with van der Waals surface area (Å²) in [6.45, 7) is 8.15. The fourth-order valence-electron chi connectivity index (χ4n) is 13.0. The van der Waals surface area contributed by atoms with Gasteiger partial charge in [-0.25, -0.2) is 4.79 Å². The lowest BCUT2D eigenvalue weighted by Gasteiger charge is -2.44. The highest BCUT2D eigenvalue weighted by molar-refractivity contribution is 8.00. The van der Waals surface area contributed by atoms with Gasteiger partial charge in [0.1, 0.15) is 24.4 Å². The maximum atomic E-state index is 13.7. The fourth-order valence-corrected chi connectivity index (χ4v) is 14.6. The van der Waals surface area contributed by atoms with Gasteiger partial charge in [0.2, 0.25) is 5.91 Å². The highest BCUT2D eigenvalue weighted by Crippen LogP contribution is 2.55. The van der Waals surface area contributed by atoms with Gasteiger partial charge in [-0.1, -0.05) is 38.5 Å². The summed E-state index contributed by atoms with van der Waals surface area (Å²) in [4.78, 5) is 40.8. The number of carbonyl (C=O) groups is 3. The molecule has 0 bridgehead atoms. The van der Waals surface area contributed by atoms with Crippen molar-refractivity contribution in [2.45, 2.75) is 202 Å². The Kier molecular flexibility index (Phi) is 16.9. The number of ether oxygens (including phenoxy) is 8. The number of fused-ring (bicyclic) bond motifs is 6. The molecule has 8 rings (SSSR count). The average molecular weight is 946 g/mol. The Balaban J connectivity index is 0.894. The molecule has 0 spiro atoms. The van der Waals surface area contributed by atoms with Gasteiger partial charge in [-0.3, -0.25) is 9.59 Å². The molecule has 5 aliphatic heterocycles. The molecule has 0 aromatic carbocycles. The molecule has 0 aromatic heterocycles. The van der Waals surface area contributed by atoms with Crippen LogP contribution in [0.1, 0.15) is 111 Å². The lowest BCUT2D eigenvalue weighted by Crippen LogP contribution is -2.59. The number of hydrogen-bond acceptors (Lipinski definition) is 13. The third-order valence-corrected chi connectivity index (χ3v) is 18.3. The second kappa shape index (κ2) is 22.2. The third-order valence-electron chi connectivity index (χ3n) is 16.8. The zero-order valence-electron chi connectivity index (χ0n) is 40.5. The van der Waals surface area contributed by atoms with Crippen LogP contribution in [0, 0.1) is 35.5 Å². The maximum Gasteiger partial charge on any atom is 0.315 e. The topological polar surface area (TPSA) is 173 Å². The zero-order valence-corrected chi connectivity index (χ0v) is 41.4. The van der Waals surface area contributed by atoms with Crippen LogP contribution < -0.4 is 10.6 Å². The van der Waals surface area contributed by atoms with E-state index in [2.05, 4.69) is 42.7 Å². The molecular weight excluding hydrogens is 867 g/mol. The van der Waals surface area contributed by atoms with Gasteiger partial charge in [-0.2, -0.15) is 11.8 Å². The number of esters is 1. The Morgan fingerprint density at radius 2 is 1.70 bits per heavy atom. The molecular formula is C50H79N3O12S. The third kappa shape index (κ3) is 10.7. The molecule has 6 fully saturated rings. The van der Waals surface area contributed by atoms with E-state index >= 15 is 0 Å². The molecule has 8 aliphatic rings. The second-order valence-electron chi connectivity index (χ2n) is 20.6. The molecule has 1 saturated carbocycles. The van der Waals surface area contributed by atoms with Crippen molar-refractivity contribution in [2.75, 3.05) is 34.1 Å². The Morgan fingerprint density at radius 1 is 0.909 bits per heavy atom. The van der Waals surface area contributed by atoms with Crippen molar-refractivity contribution in [3.63, 3.8) is 0 Å². The number of urea groups is 1. The van der Waals surface area contributed by atoms with E-state index < -0.39 is 24.8 Å². The Labute approximate surface area is 396 Å². The van der Waals surface area contributed by atoms with E-state index in [1.807, 2.05) is 37.6 Å².